The van der Waals surface area contributed by atoms with Gasteiger partial charge in [-0.3, -0.25) is 4.79 Å². The van der Waals surface area contributed by atoms with Gasteiger partial charge in [0.05, 0.1) is 6.21 Å². The van der Waals surface area contributed by atoms with Crippen molar-refractivity contribution in [2.24, 2.45) is 5.16 Å². The van der Waals surface area contributed by atoms with Gasteiger partial charge in [-0.15, -0.1) is 0 Å². The van der Waals surface area contributed by atoms with Gasteiger partial charge in [0.2, 0.25) is 0 Å². The Hall–Kier alpha value is -1.64. The van der Waals surface area contributed by atoms with Gasteiger partial charge in [-0.05, 0) is 12.5 Å². The number of hydrogen-bond acceptors (Lipinski definition) is 3. The number of ketones is 1. The molecule has 0 aromatic heterocycles. The lowest BCUT2D eigenvalue weighted by atomic mass is 10.2. The largest absolute Gasteiger partial charge is 0.391 e. The van der Waals surface area contributed by atoms with E-state index in [4.69, 9.17) is 4.84 Å². The highest BCUT2D eigenvalue weighted by Gasteiger charge is 1.90. The molecule has 0 spiro atoms. The Bertz CT molecular complexity index is 306. The molecule has 1 aromatic carbocycles. The molecule has 1 aromatic rings. The fraction of sp³-hybridized carbons (Fsp3) is 0.273. The van der Waals surface area contributed by atoms with Gasteiger partial charge < -0.3 is 4.84 Å². The van der Waals surface area contributed by atoms with E-state index in [0.717, 1.165) is 5.56 Å². The molecule has 3 nitrogen and oxygen atoms in total. The van der Waals surface area contributed by atoms with Crippen molar-refractivity contribution in [2.45, 2.75) is 20.0 Å². The monoisotopic (exact) mass is 191 g/mol. The predicted molar refractivity (Wildman–Crippen MR) is 55.0 cm³/mol. The van der Waals surface area contributed by atoms with Gasteiger partial charge in [0.1, 0.15) is 12.4 Å². The molecular weight excluding hydrogens is 178 g/mol. The number of carbonyl (C=O) groups excluding carboxylic acids is 1. The van der Waals surface area contributed by atoms with E-state index < -0.39 is 0 Å². The van der Waals surface area contributed by atoms with Crippen LogP contribution in [0.3, 0.4) is 0 Å². The Labute approximate surface area is 83.4 Å². The maximum atomic E-state index is 10.5. The van der Waals surface area contributed by atoms with Gasteiger partial charge in [0, 0.05) is 6.42 Å². The second kappa shape index (κ2) is 5.91. The first-order valence-electron chi connectivity index (χ1n) is 4.46. The van der Waals surface area contributed by atoms with Gasteiger partial charge in [0.25, 0.3) is 0 Å². The summed E-state index contributed by atoms with van der Waals surface area (Å²) in [6, 6.07) is 9.75. The lowest BCUT2D eigenvalue weighted by Crippen LogP contribution is -1.91. The molecule has 0 aliphatic carbocycles. The molecule has 14 heavy (non-hydrogen) atoms. The first-order valence-corrected chi connectivity index (χ1v) is 4.46. The zero-order valence-corrected chi connectivity index (χ0v) is 8.14. The molecule has 0 bridgehead atoms. The van der Waals surface area contributed by atoms with Crippen LogP contribution >= 0.6 is 0 Å². The summed E-state index contributed by atoms with van der Waals surface area (Å²) >= 11 is 0. The Morgan fingerprint density at radius 2 is 2.14 bits per heavy atom. The lowest BCUT2D eigenvalue weighted by Gasteiger charge is -1.97. The maximum absolute atomic E-state index is 10.5. The van der Waals surface area contributed by atoms with Crippen LogP contribution in [0.15, 0.2) is 35.5 Å². The first-order chi connectivity index (χ1) is 6.79. The van der Waals surface area contributed by atoms with Crippen molar-refractivity contribution < 1.29 is 9.63 Å². The molecule has 0 saturated carbocycles. The maximum Gasteiger partial charge on any atom is 0.142 e. The zero-order chi connectivity index (χ0) is 10.2. The molecule has 0 aliphatic rings. The zero-order valence-electron chi connectivity index (χ0n) is 8.14. The molecular formula is C11H13NO2. The molecule has 0 saturated heterocycles. The van der Waals surface area contributed by atoms with Crippen molar-refractivity contribution in [3.8, 4) is 0 Å². The Kier molecular flexibility index (Phi) is 4.41. The predicted octanol–water partition coefficient (Wildman–Crippen LogP) is 2.17. The number of nitrogens with zero attached hydrogens (tertiary/aromatic N) is 1. The Morgan fingerprint density at radius 3 is 2.79 bits per heavy atom. The van der Waals surface area contributed by atoms with Gasteiger partial charge in [-0.25, -0.2) is 0 Å². The molecule has 0 aliphatic heterocycles. The summed E-state index contributed by atoms with van der Waals surface area (Å²) in [7, 11) is 0. The summed E-state index contributed by atoms with van der Waals surface area (Å²) in [5.74, 6) is 0.0806. The molecule has 0 amide bonds. The average Bonchev–Trinajstić information content (AvgIpc) is 2.18. The molecule has 1 rings (SSSR count). The van der Waals surface area contributed by atoms with Gasteiger partial charge in [-0.1, -0.05) is 35.5 Å². The summed E-state index contributed by atoms with van der Waals surface area (Å²) in [5.41, 5.74) is 1.06. The van der Waals surface area contributed by atoms with E-state index in [1.165, 1.54) is 13.1 Å². The summed E-state index contributed by atoms with van der Waals surface area (Å²) < 4.78 is 0. The van der Waals surface area contributed by atoms with E-state index in [9.17, 15) is 4.79 Å². The molecule has 0 N–H and O–H groups in total. The number of carbonyl (C=O) groups is 1. The highest BCUT2D eigenvalue weighted by atomic mass is 16.6. The lowest BCUT2D eigenvalue weighted by molar-refractivity contribution is -0.115. The summed E-state index contributed by atoms with van der Waals surface area (Å²) in [6.07, 6.45) is 1.81. The average molecular weight is 191 g/mol. The molecule has 0 atom stereocenters. The van der Waals surface area contributed by atoms with Crippen LogP contribution in [0.1, 0.15) is 18.9 Å². The fourth-order valence-corrected chi connectivity index (χ4v) is 0.905. The third-order valence-electron chi connectivity index (χ3n) is 1.60. The first kappa shape index (κ1) is 10.4. The quantitative estimate of drug-likeness (QED) is 0.528. The van der Waals surface area contributed by atoms with Gasteiger partial charge in [-0.2, -0.15) is 0 Å². The van der Waals surface area contributed by atoms with E-state index in [-0.39, 0.29) is 5.78 Å². The third kappa shape index (κ3) is 4.40. The molecule has 0 unspecified atom stereocenters. The van der Waals surface area contributed by atoms with Crippen molar-refractivity contribution in [3.05, 3.63) is 35.9 Å². The topological polar surface area (TPSA) is 38.7 Å². The molecule has 3 heteroatoms. The molecule has 0 radical (unpaired) electrons. The number of rotatable bonds is 5. The van der Waals surface area contributed by atoms with Crippen molar-refractivity contribution >= 4 is 12.0 Å². The van der Waals surface area contributed by atoms with Crippen LogP contribution in [0.5, 0.6) is 0 Å². The highest BCUT2D eigenvalue weighted by Crippen LogP contribution is 2.00. The number of Topliss-reactive ketones (excluding diaryl/α,β-unsaturated/α-hetero) is 1. The van der Waals surface area contributed by atoms with E-state index in [1.54, 1.807) is 0 Å². The van der Waals surface area contributed by atoms with Crippen molar-refractivity contribution in [2.75, 3.05) is 0 Å². The second-order valence-corrected chi connectivity index (χ2v) is 2.95. The molecule has 0 fully saturated rings. The van der Waals surface area contributed by atoms with Crippen LogP contribution in [0, 0.1) is 0 Å². The van der Waals surface area contributed by atoms with Gasteiger partial charge >= 0.3 is 0 Å². The summed E-state index contributed by atoms with van der Waals surface area (Å²) in [5, 5.41) is 3.66. The van der Waals surface area contributed by atoms with Crippen molar-refractivity contribution in [3.63, 3.8) is 0 Å². The summed E-state index contributed by atoms with van der Waals surface area (Å²) in [4.78, 5) is 15.5. The van der Waals surface area contributed by atoms with Crippen molar-refractivity contribution in [1.82, 2.24) is 0 Å². The highest BCUT2D eigenvalue weighted by molar-refractivity contribution is 5.89. The van der Waals surface area contributed by atoms with Crippen LogP contribution in [0.2, 0.25) is 0 Å². The van der Waals surface area contributed by atoms with Crippen molar-refractivity contribution in [1.29, 1.82) is 0 Å². The Morgan fingerprint density at radius 1 is 1.43 bits per heavy atom. The Balaban J connectivity index is 2.22. The fourth-order valence-electron chi connectivity index (χ4n) is 0.905. The number of oxime groups is 1. The standard InChI is InChI=1S/C11H13NO2/c1-10(13)7-8-12-14-9-11-5-3-2-4-6-11/h2-6,8H,7,9H2,1H3/b12-8-. The van der Waals surface area contributed by atoms with E-state index >= 15 is 0 Å². The number of benzene rings is 1. The van der Waals surface area contributed by atoms with Crippen LogP contribution in [-0.4, -0.2) is 12.0 Å². The minimum atomic E-state index is 0.0806. The summed E-state index contributed by atoms with van der Waals surface area (Å²) in [6.45, 7) is 1.96. The van der Waals surface area contributed by atoms with Crippen LogP contribution in [-0.2, 0) is 16.2 Å². The van der Waals surface area contributed by atoms with Crippen LogP contribution < -0.4 is 0 Å². The minimum absolute atomic E-state index is 0.0806. The molecule has 0 heterocycles. The van der Waals surface area contributed by atoms with E-state index in [1.807, 2.05) is 30.3 Å². The van der Waals surface area contributed by atoms with Crippen LogP contribution in [0.25, 0.3) is 0 Å². The van der Waals surface area contributed by atoms with E-state index in [0.29, 0.717) is 13.0 Å². The SMILES string of the molecule is CC(=O)C/C=N\OCc1ccccc1. The second-order valence-electron chi connectivity index (χ2n) is 2.95. The smallest absolute Gasteiger partial charge is 0.142 e. The van der Waals surface area contributed by atoms with E-state index in [2.05, 4.69) is 5.16 Å². The van der Waals surface area contributed by atoms with Crippen LogP contribution in [0.4, 0.5) is 0 Å². The van der Waals surface area contributed by atoms with Gasteiger partial charge in [0.15, 0.2) is 0 Å². The number of hydrogen-bond donors (Lipinski definition) is 0. The third-order valence-corrected chi connectivity index (χ3v) is 1.60. The molecule has 74 valence electrons. The normalized spacial score (nSPS) is 10.4. The minimum Gasteiger partial charge on any atom is -0.391 e.